The predicted octanol–water partition coefficient (Wildman–Crippen LogP) is 1.95. The molecule has 0 saturated carbocycles. The van der Waals surface area contributed by atoms with Crippen molar-refractivity contribution in [2.24, 2.45) is 10.9 Å². The fraction of sp³-hybridized carbons (Fsp3) is 0.429. The number of carbonyl (C=O) groups excluding carboxylic acids is 1. The zero-order valence-electron chi connectivity index (χ0n) is 11.8. The van der Waals surface area contributed by atoms with Crippen molar-refractivity contribution in [2.45, 2.75) is 39.7 Å². The number of carbonyl (C=O) groups is 1. The number of benzene rings is 1. The van der Waals surface area contributed by atoms with Crippen LogP contribution >= 0.6 is 0 Å². The zero-order valence-corrected chi connectivity index (χ0v) is 11.8. The molecule has 5 heteroatoms. The number of amidine groups is 1. The van der Waals surface area contributed by atoms with Crippen LogP contribution in [-0.4, -0.2) is 22.5 Å². The van der Waals surface area contributed by atoms with Gasteiger partial charge in [-0.25, -0.2) is 0 Å². The first-order valence-electron chi connectivity index (χ1n) is 6.22. The van der Waals surface area contributed by atoms with Crippen molar-refractivity contribution in [3.63, 3.8) is 0 Å². The molecule has 1 unspecified atom stereocenters. The normalized spacial score (nSPS) is 14.8. The second kappa shape index (κ2) is 5.73. The molecule has 1 aromatic carbocycles. The van der Waals surface area contributed by atoms with Gasteiger partial charge in [0.15, 0.2) is 5.84 Å². The Balaban J connectivity index is 3.05. The molecule has 0 saturated heterocycles. The van der Waals surface area contributed by atoms with Crippen molar-refractivity contribution < 1.29 is 10.0 Å². The number of rotatable bonds is 4. The van der Waals surface area contributed by atoms with E-state index in [9.17, 15) is 4.79 Å². The Morgan fingerprint density at radius 2 is 2.11 bits per heavy atom. The molecule has 0 aliphatic carbocycles. The third-order valence-corrected chi connectivity index (χ3v) is 3.62. The summed E-state index contributed by atoms with van der Waals surface area (Å²) in [6.07, 6.45) is 0.527. The van der Waals surface area contributed by atoms with Gasteiger partial charge in [0.05, 0.1) is 5.54 Å². The minimum Gasteiger partial charge on any atom is -0.409 e. The topological polar surface area (TPSA) is 87.7 Å². The highest BCUT2D eigenvalue weighted by atomic mass is 16.4. The molecule has 0 radical (unpaired) electrons. The van der Waals surface area contributed by atoms with Crippen LogP contribution in [0.25, 0.3) is 0 Å². The Hall–Kier alpha value is -2.04. The van der Waals surface area contributed by atoms with Gasteiger partial charge in [0.2, 0.25) is 0 Å². The highest BCUT2D eigenvalue weighted by Crippen LogP contribution is 2.16. The summed E-state index contributed by atoms with van der Waals surface area (Å²) in [5, 5.41) is 14.6. The average molecular weight is 263 g/mol. The Morgan fingerprint density at radius 3 is 2.63 bits per heavy atom. The Labute approximate surface area is 113 Å². The Kier molecular flexibility index (Phi) is 4.53. The molecule has 104 valence electrons. The van der Waals surface area contributed by atoms with Crippen molar-refractivity contribution in [3.05, 3.63) is 34.9 Å². The van der Waals surface area contributed by atoms with E-state index >= 15 is 0 Å². The van der Waals surface area contributed by atoms with Crippen molar-refractivity contribution in [1.29, 1.82) is 0 Å². The number of nitrogens with zero attached hydrogens (tertiary/aromatic N) is 1. The maximum Gasteiger partial charge on any atom is 0.252 e. The largest absolute Gasteiger partial charge is 0.409 e. The SMILES string of the molecule is CCC(C)(NC(=O)c1cccc(C)c1C)/C(N)=N/O. The summed E-state index contributed by atoms with van der Waals surface area (Å²) in [4.78, 5) is 12.3. The van der Waals surface area contributed by atoms with Crippen molar-refractivity contribution in [2.75, 3.05) is 0 Å². The van der Waals surface area contributed by atoms with Gasteiger partial charge in [-0.1, -0.05) is 24.2 Å². The summed E-state index contributed by atoms with van der Waals surface area (Å²) in [7, 11) is 0. The van der Waals surface area contributed by atoms with Crippen LogP contribution in [0.2, 0.25) is 0 Å². The van der Waals surface area contributed by atoms with Crippen LogP contribution in [0.1, 0.15) is 41.8 Å². The van der Waals surface area contributed by atoms with Gasteiger partial charge in [-0.05, 0) is 44.4 Å². The molecular weight excluding hydrogens is 242 g/mol. The van der Waals surface area contributed by atoms with E-state index in [1.807, 2.05) is 32.9 Å². The molecule has 1 rings (SSSR count). The van der Waals surface area contributed by atoms with E-state index in [1.54, 1.807) is 13.0 Å². The zero-order chi connectivity index (χ0) is 14.6. The summed E-state index contributed by atoms with van der Waals surface area (Å²) in [6, 6.07) is 5.55. The molecule has 0 fully saturated rings. The van der Waals surface area contributed by atoms with E-state index in [1.165, 1.54) is 0 Å². The number of oxime groups is 1. The van der Waals surface area contributed by atoms with Gasteiger partial charge in [0.1, 0.15) is 0 Å². The number of hydrogen-bond donors (Lipinski definition) is 3. The third-order valence-electron chi connectivity index (χ3n) is 3.62. The molecule has 4 N–H and O–H groups in total. The second-order valence-corrected chi connectivity index (χ2v) is 4.87. The maximum absolute atomic E-state index is 12.3. The lowest BCUT2D eigenvalue weighted by Gasteiger charge is -2.28. The van der Waals surface area contributed by atoms with E-state index < -0.39 is 5.54 Å². The van der Waals surface area contributed by atoms with Gasteiger partial charge < -0.3 is 16.3 Å². The minimum absolute atomic E-state index is 0.00587. The summed E-state index contributed by atoms with van der Waals surface area (Å²) in [5.41, 5.74) is 7.36. The van der Waals surface area contributed by atoms with Crippen molar-refractivity contribution in [3.8, 4) is 0 Å². The molecule has 0 aliphatic heterocycles. The lowest BCUT2D eigenvalue weighted by atomic mass is 9.95. The van der Waals surface area contributed by atoms with E-state index in [2.05, 4.69) is 10.5 Å². The van der Waals surface area contributed by atoms with E-state index in [-0.39, 0.29) is 11.7 Å². The second-order valence-electron chi connectivity index (χ2n) is 4.87. The molecule has 0 aromatic heterocycles. The molecule has 1 amide bonds. The first kappa shape index (κ1) is 15.0. The van der Waals surface area contributed by atoms with Crippen LogP contribution in [0.4, 0.5) is 0 Å². The van der Waals surface area contributed by atoms with Gasteiger partial charge in [-0.2, -0.15) is 0 Å². The van der Waals surface area contributed by atoms with E-state index in [4.69, 9.17) is 10.9 Å². The number of nitrogens with one attached hydrogen (secondary N) is 1. The molecule has 19 heavy (non-hydrogen) atoms. The molecule has 0 bridgehead atoms. The number of nitrogens with two attached hydrogens (primary N) is 1. The van der Waals surface area contributed by atoms with Crippen LogP contribution in [0.15, 0.2) is 23.4 Å². The number of amides is 1. The molecule has 0 heterocycles. The lowest BCUT2D eigenvalue weighted by Crippen LogP contribution is -2.55. The summed E-state index contributed by atoms with van der Waals surface area (Å²) in [6.45, 7) is 7.44. The van der Waals surface area contributed by atoms with Crippen LogP contribution < -0.4 is 11.1 Å². The van der Waals surface area contributed by atoms with Gasteiger partial charge in [0.25, 0.3) is 5.91 Å². The maximum atomic E-state index is 12.3. The van der Waals surface area contributed by atoms with E-state index in [0.29, 0.717) is 12.0 Å². The predicted molar refractivity (Wildman–Crippen MR) is 75.5 cm³/mol. The molecular formula is C14H21N3O2. The van der Waals surface area contributed by atoms with Crippen LogP contribution in [0, 0.1) is 13.8 Å². The van der Waals surface area contributed by atoms with E-state index in [0.717, 1.165) is 11.1 Å². The monoisotopic (exact) mass is 263 g/mol. The van der Waals surface area contributed by atoms with Crippen LogP contribution in [0.5, 0.6) is 0 Å². The van der Waals surface area contributed by atoms with Gasteiger partial charge in [0, 0.05) is 5.56 Å². The molecule has 0 spiro atoms. The first-order chi connectivity index (χ1) is 8.85. The lowest BCUT2D eigenvalue weighted by molar-refractivity contribution is 0.0924. The standard InChI is InChI=1S/C14H21N3O2/c1-5-14(4,13(15)17-19)16-12(18)11-8-6-7-9(2)10(11)3/h6-8,19H,5H2,1-4H3,(H2,15,17)(H,16,18). The Bertz CT molecular complexity index is 511. The highest BCUT2D eigenvalue weighted by molar-refractivity contribution is 6.01. The van der Waals surface area contributed by atoms with Gasteiger partial charge >= 0.3 is 0 Å². The average Bonchev–Trinajstić information content (AvgIpc) is 2.40. The summed E-state index contributed by atoms with van der Waals surface area (Å²) in [5.74, 6) is -0.231. The fourth-order valence-electron chi connectivity index (χ4n) is 1.76. The Morgan fingerprint density at radius 1 is 1.47 bits per heavy atom. The van der Waals surface area contributed by atoms with Crippen LogP contribution in [-0.2, 0) is 0 Å². The smallest absolute Gasteiger partial charge is 0.252 e. The number of aryl methyl sites for hydroxylation is 1. The summed E-state index contributed by atoms with van der Waals surface area (Å²) < 4.78 is 0. The summed E-state index contributed by atoms with van der Waals surface area (Å²) >= 11 is 0. The highest BCUT2D eigenvalue weighted by Gasteiger charge is 2.30. The van der Waals surface area contributed by atoms with Crippen molar-refractivity contribution in [1.82, 2.24) is 5.32 Å². The minimum atomic E-state index is -0.859. The first-order valence-corrected chi connectivity index (χ1v) is 6.22. The molecule has 5 nitrogen and oxygen atoms in total. The third kappa shape index (κ3) is 3.05. The van der Waals surface area contributed by atoms with Gasteiger partial charge in [-0.15, -0.1) is 0 Å². The molecule has 1 atom stereocenters. The van der Waals surface area contributed by atoms with Crippen LogP contribution in [0.3, 0.4) is 0 Å². The molecule has 1 aromatic rings. The van der Waals surface area contributed by atoms with Gasteiger partial charge in [-0.3, -0.25) is 4.79 Å². The quantitative estimate of drug-likeness (QED) is 0.336. The molecule has 0 aliphatic rings. The van der Waals surface area contributed by atoms with Crippen molar-refractivity contribution >= 4 is 11.7 Å². The number of hydrogen-bond acceptors (Lipinski definition) is 3. The fourth-order valence-corrected chi connectivity index (χ4v) is 1.76.